The van der Waals surface area contributed by atoms with Gasteiger partial charge in [-0.3, -0.25) is 14.5 Å². The molecule has 0 radical (unpaired) electrons. The predicted octanol–water partition coefficient (Wildman–Crippen LogP) is 1.63. The fourth-order valence-electron chi connectivity index (χ4n) is 2.61. The summed E-state index contributed by atoms with van der Waals surface area (Å²) < 4.78 is 0. The number of benzene rings is 1. The van der Waals surface area contributed by atoms with Crippen LogP contribution in [0.15, 0.2) is 42.7 Å². The molecular weight excluding hydrogens is 254 g/mol. The third-order valence-corrected chi connectivity index (χ3v) is 3.80. The lowest BCUT2D eigenvalue weighted by Crippen LogP contribution is -2.36. The number of carbonyl (C=O) groups excluding carboxylic acids is 2. The number of aromatic amines is 1. The Hall–Kier alpha value is -2.43. The van der Waals surface area contributed by atoms with Crippen LogP contribution in [-0.2, 0) is 21.5 Å². The van der Waals surface area contributed by atoms with Crippen LogP contribution >= 0.6 is 0 Å². The van der Waals surface area contributed by atoms with Crippen LogP contribution in [0.2, 0.25) is 0 Å². The van der Waals surface area contributed by atoms with Gasteiger partial charge in [0, 0.05) is 18.8 Å². The minimum atomic E-state index is -0.773. The van der Waals surface area contributed by atoms with Gasteiger partial charge in [-0.25, -0.2) is 4.98 Å². The van der Waals surface area contributed by atoms with Crippen molar-refractivity contribution in [3.63, 3.8) is 0 Å². The first kappa shape index (κ1) is 12.6. The van der Waals surface area contributed by atoms with Crippen molar-refractivity contribution in [1.29, 1.82) is 0 Å². The Morgan fingerprint density at radius 3 is 2.70 bits per heavy atom. The first-order valence-electron chi connectivity index (χ1n) is 6.50. The van der Waals surface area contributed by atoms with E-state index >= 15 is 0 Å². The Bertz CT molecular complexity index is 636. The summed E-state index contributed by atoms with van der Waals surface area (Å²) in [6.07, 6.45) is 3.49. The highest BCUT2D eigenvalue weighted by Crippen LogP contribution is 2.36. The molecule has 1 aliphatic heterocycles. The molecule has 2 amide bonds. The van der Waals surface area contributed by atoms with Gasteiger partial charge in [0.15, 0.2) is 0 Å². The number of imide groups is 1. The van der Waals surface area contributed by atoms with Gasteiger partial charge in [0.2, 0.25) is 11.8 Å². The molecule has 1 N–H and O–H groups in total. The maximum Gasteiger partial charge on any atom is 0.240 e. The van der Waals surface area contributed by atoms with Gasteiger partial charge >= 0.3 is 0 Å². The van der Waals surface area contributed by atoms with Gasteiger partial charge in [-0.1, -0.05) is 30.3 Å². The molecule has 20 heavy (non-hydrogen) atoms. The second-order valence-electron chi connectivity index (χ2n) is 5.20. The number of likely N-dealkylation sites (tertiary alicyclic amines) is 1. The van der Waals surface area contributed by atoms with E-state index in [1.807, 2.05) is 37.3 Å². The summed E-state index contributed by atoms with van der Waals surface area (Å²) in [6, 6.07) is 9.44. The Balaban J connectivity index is 1.90. The third kappa shape index (κ3) is 1.91. The normalized spacial score (nSPS) is 22.6. The van der Waals surface area contributed by atoms with E-state index in [0.29, 0.717) is 5.82 Å². The molecule has 5 nitrogen and oxygen atoms in total. The molecule has 5 heteroatoms. The quantitative estimate of drug-likeness (QED) is 0.861. The van der Waals surface area contributed by atoms with Crippen molar-refractivity contribution < 1.29 is 9.59 Å². The van der Waals surface area contributed by atoms with E-state index in [9.17, 15) is 9.59 Å². The van der Waals surface area contributed by atoms with Crippen LogP contribution in [0.5, 0.6) is 0 Å². The highest BCUT2D eigenvalue weighted by molar-refractivity contribution is 6.08. The van der Waals surface area contributed by atoms with E-state index in [0.717, 1.165) is 5.56 Å². The monoisotopic (exact) mass is 269 g/mol. The number of hydrogen-bond donors (Lipinski definition) is 1. The van der Waals surface area contributed by atoms with E-state index < -0.39 is 5.41 Å². The molecule has 0 bridgehead atoms. The molecule has 1 unspecified atom stereocenters. The van der Waals surface area contributed by atoms with Gasteiger partial charge < -0.3 is 4.98 Å². The van der Waals surface area contributed by atoms with Crippen LogP contribution in [0.4, 0.5) is 0 Å². The van der Waals surface area contributed by atoms with Gasteiger partial charge in [-0.2, -0.15) is 0 Å². The summed E-state index contributed by atoms with van der Waals surface area (Å²) in [5.41, 5.74) is 0.102. The van der Waals surface area contributed by atoms with Gasteiger partial charge in [0.25, 0.3) is 0 Å². The molecule has 0 saturated carbocycles. The average Bonchev–Trinajstić information content (AvgIpc) is 3.04. The minimum absolute atomic E-state index is 0.155. The Morgan fingerprint density at radius 1 is 1.30 bits per heavy atom. The summed E-state index contributed by atoms with van der Waals surface area (Å²) in [5, 5.41) is 0. The minimum Gasteiger partial charge on any atom is -0.347 e. The van der Waals surface area contributed by atoms with Crippen molar-refractivity contribution in [2.45, 2.75) is 25.3 Å². The van der Waals surface area contributed by atoms with Crippen LogP contribution in [0, 0.1) is 0 Å². The largest absolute Gasteiger partial charge is 0.347 e. The number of amides is 2. The van der Waals surface area contributed by atoms with Crippen LogP contribution in [0.25, 0.3) is 0 Å². The maximum atomic E-state index is 12.6. The molecule has 0 aliphatic carbocycles. The van der Waals surface area contributed by atoms with Gasteiger partial charge in [-0.15, -0.1) is 0 Å². The second-order valence-corrected chi connectivity index (χ2v) is 5.20. The number of hydrogen-bond acceptors (Lipinski definition) is 3. The zero-order valence-corrected chi connectivity index (χ0v) is 11.2. The molecule has 1 aliphatic rings. The summed E-state index contributed by atoms with van der Waals surface area (Å²) in [4.78, 5) is 33.1. The number of nitrogens with zero attached hydrogens (tertiary/aromatic N) is 2. The molecule has 1 saturated heterocycles. The van der Waals surface area contributed by atoms with Crippen molar-refractivity contribution in [3.05, 3.63) is 54.1 Å². The van der Waals surface area contributed by atoms with Crippen molar-refractivity contribution in [3.8, 4) is 0 Å². The zero-order chi connectivity index (χ0) is 14.2. The lowest BCUT2D eigenvalue weighted by Gasteiger charge is -2.22. The number of H-pyrrole nitrogens is 1. The van der Waals surface area contributed by atoms with E-state index in [1.54, 1.807) is 12.4 Å². The number of imidazole rings is 1. The van der Waals surface area contributed by atoms with Crippen LogP contribution in [0.3, 0.4) is 0 Å². The smallest absolute Gasteiger partial charge is 0.240 e. The fourth-order valence-corrected chi connectivity index (χ4v) is 2.61. The van der Waals surface area contributed by atoms with Gasteiger partial charge in [0.05, 0.1) is 12.0 Å². The Labute approximate surface area is 116 Å². The van der Waals surface area contributed by atoms with Crippen molar-refractivity contribution in [2.24, 2.45) is 0 Å². The Morgan fingerprint density at radius 2 is 2.05 bits per heavy atom. The van der Waals surface area contributed by atoms with Crippen LogP contribution < -0.4 is 0 Å². The van der Waals surface area contributed by atoms with Gasteiger partial charge in [-0.05, 0) is 12.5 Å². The van der Waals surface area contributed by atoms with Crippen LogP contribution in [-0.4, -0.2) is 26.7 Å². The lowest BCUT2D eigenvalue weighted by molar-refractivity contribution is -0.140. The zero-order valence-electron chi connectivity index (χ0n) is 11.2. The Kier molecular flexibility index (Phi) is 2.89. The molecule has 1 aromatic heterocycles. The highest BCUT2D eigenvalue weighted by atomic mass is 16.2. The average molecular weight is 269 g/mol. The molecule has 0 spiro atoms. The number of aromatic nitrogens is 2. The first-order valence-corrected chi connectivity index (χ1v) is 6.50. The summed E-state index contributed by atoms with van der Waals surface area (Å²) in [7, 11) is 0. The molecule has 102 valence electrons. The maximum absolute atomic E-state index is 12.6. The second kappa shape index (κ2) is 4.59. The SMILES string of the molecule is CC1(c2ccccc2)CC(=O)N(Cc2ncc[nH]2)C1=O. The standard InChI is InChI=1S/C15H15N3O2/c1-15(11-5-3-2-4-6-11)9-13(19)18(14(15)20)10-12-16-7-8-17-12/h2-8H,9-10H2,1H3,(H,16,17). The van der Waals surface area contributed by atoms with Crippen molar-refractivity contribution in [1.82, 2.24) is 14.9 Å². The van der Waals surface area contributed by atoms with E-state index in [-0.39, 0.29) is 24.8 Å². The van der Waals surface area contributed by atoms with E-state index in [2.05, 4.69) is 9.97 Å². The molecular formula is C15H15N3O2. The summed E-state index contributed by atoms with van der Waals surface area (Å²) in [6.45, 7) is 2.03. The summed E-state index contributed by atoms with van der Waals surface area (Å²) in [5.74, 6) is 0.298. The fraction of sp³-hybridized carbons (Fsp3) is 0.267. The topological polar surface area (TPSA) is 66.1 Å². The first-order chi connectivity index (χ1) is 9.61. The molecule has 3 rings (SSSR count). The van der Waals surface area contributed by atoms with E-state index in [4.69, 9.17) is 0 Å². The number of rotatable bonds is 3. The number of nitrogens with one attached hydrogen (secondary N) is 1. The molecule has 1 aromatic carbocycles. The highest BCUT2D eigenvalue weighted by Gasteiger charge is 2.49. The molecule has 2 aromatic rings. The lowest BCUT2D eigenvalue weighted by atomic mass is 9.81. The molecule has 1 fully saturated rings. The van der Waals surface area contributed by atoms with Crippen LogP contribution in [0.1, 0.15) is 24.7 Å². The molecule has 1 atom stereocenters. The third-order valence-electron chi connectivity index (χ3n) is 3.80. The van der Waals surface area contributed by atoms with E-state index in [1.165, 1.54) is 4.90 Å². The van der Waals surface area contributed by atoms with Crippen molar-refractivity contribution >= 4 is 11.8 Å². The molecule has 2 heterocycles. The summed E-state index contributed by atoms with van der Waals surface area (Å²) >= 11 is 0. The van der Waals surface area contributed by atoms with Crippen molar-refractivity contribution in [2.75, 3.05) is 0 Å². The van der Waals surface area contributed by atoms with Gasteiger partial charge in [0.1, 0.15) is 5.82 Å². The number of carbonyl (C=O) groups is 2. The predicted molar refractivity (Wildman–Crippen MR) is 72.6 cm³/mol.